The fourth-order valence-corrected chi connectivity index (χ4v) is 2.35. The molecular formula is C14H23N5O. The van der Waals surface area contributed by atoms with Crippen molar-refractivity contribution in [3.63, 3.8) is 0 Å². The number of aliphatic hydroxyl groups is 1. The number of fused-ring (bicyclic) bond motifs is 1. The van der Waals surface area contributed by atoms with Crippen LogP contribution in [0.5, 0.6) is 0 Å². The number of rotatable bonds is 8. The van der Waals surface area contributed by atoms with Crippen molar-refractivity contribution in [2.75, 3.05) is 30.8 Å². The van der Waals surface area contributed by atoms with Crippen LogP contribution in [0.1, 0.15) is 26.2 Å². The van der Waals surface area contributed by atoms with E-state index in [1.54, 1.807) is 6.20 Å². The maximum absolute atomic E-state index is 9.11. The van der Waals surface area contributed by atoms with Gasteiger partial charge < -0.3 is 20.1 Å². The maximum atomic E-state index is 9.11. The van der Waals surface area contributed by atoms with Crippen molar-refractivity contribution in [1.82, 2.24) is 14.4 Å². The van der Waals surface area contributed by atoms with E-state index in [4.69, 9.17) is 5.11 Å². The summed E-state index contributed by atoms with van der Waals surface area (Å²) in [5, 5.41) is 15.5. The third-order valence-corrected chi connectivity index (χ3v) is 3.42. The molecule has 0 radical (unpaired) electrons. The molecule has 0 saturated heterocycles. The van der Waals surface area contributed by atoms with Crippen LogP contribution >= 0.6 is 0 Å². The van der Waals surface area contributed by atoms with E-state index in [0.717, 1.165) is 43.1 Å². The van der Waals surface area contributed by atoms with Gasteiger partial charge in [0.1, 0.15) is 5.82 Å². The molecule has 0 bridgehead atoms. The molecule has 2 heterocycles. The van der Waals surface area contributed by atoms with Crippen molar-refractivity contribution < 1.29 is 5.11 Å². The summed E-state index contributed by atoms with van der Waals surface area (Å²) in [7, 11) is 1.85. The van der Waals surface area contributed by atoms with E-state index in [1.165, 1.54) is 0 Å². The summed E-state index contributed by atoms with van der Waals surface area (Å²) in [6.07, 6.45) is 8.61. The normalized spacial score (nSPS) is 12.6. The minimum Gasteiger partial charge on any atom is -0.396 e. The summed E-state index contributed by atoms with van der Waals surface area (Å²) in [6, 6.07) is 0. The lowest BCUT2D eigenvalue weighted by molar-refractivity contribution is 0.255. The predicted octanol–water partition coefficient (Wildman–Crippen LogP) is 1.98. The molecule has 0 fully saturated rings. The molecule has 20 heavy (non-hydrogen) atoms. The largest absolute Gasteiger partial charge is 0.396 e. The van der Waals surface area contributed by atoms with Gasteiger partial charge in [0.25, 0.3) is 0 Å². The van der Waals surface area contributed by atoms with Crippen LogP contribution in [0.15, 0.2) is 18.6 Å². The monoisotopic (exact) mass is 277 g/mol. The van der Waals surface area contributed by atoms with Crippen LogP contribution in [0.25, 0.3) is 5.65 Å². The van der Waals surface area contributed by atoms with Gasteiger partial charge in [0.15, 0.2) is 11.5 Å². The van der Waals surface area contributed by atoms with Gasteiger partial charge in [-0.05, 0) is 18.8 Å². The first-order chi connectivity index (χ1) is 9.78. The number of imidazole rings is 1. The number of nitrogens with one attached hydrogen (secondary N) is 2. The SMILES string of the molecule is CCCC(CCO)CNc1nc(NC)cn2ccnc12. The quantitative estimate of drug-likeness (QED) is 0.688. The Morgan fingerprint density at radius 3 is 2.95 bits per heavy atom. The molecule has 0 aliphatic rings. The van der Waals surface area contributed by atoms with E-state index in [0.29, 0.717) is 5.92 Å². The fraction of sp³-hybridized carbons (Fsp3) is 0.571. The number of aromatic nitrogens is 3. The summed E-state index contributed by atoms with van der Waals surface area (Å²) in [5.41, 5.74) is 0.822. The second kappa shape index (κ2) is 7.09. The minimum atomic E-state index is 0.231. The Morgan fingerprint density at radius 1 is 1.40 bits per heavy atom. The van der Waals surface area contributed by atoms with Crippen molar-refractivity contribution in [2.45, 2.75) is 26.2 Å². The van der Waals surface area contributed by atoms with Gasteiger partial charge >= 0.3 is 0 Å². The van der Waals surface area contributed by atoms with Crippen molar-refractivity contribution in [1.29, 1.82) is 0 Å². The van der Waals surface area contributed by atoms with E-state index in [2.05, 4.69) is 27.5 Å². The van der Waals surface area contributed by atoms with Crippen molar-refractivity contribution in [3.05, 3.63) is 18.6 Å². The number of anilines is 2. The molecule has 0 aliphatic heterocycles. The Morgan fingerprint density at radius 2 is 2.25 bits per heavy atom. The highest BCUT2D eigenvalue weighted by Gasteiger charge is 2.11. The minimum absolute atomic E-state index is 0.231. The second-order valence-corrected chi connectivity index (χ2v) is 4.93. The number of hydrogen-bond donors (Lipinski definition) is 3. The van der Waals surface area contributed by atoms with Gasteiger partial charge in [-0.15, -0.1) is 0 Å². The molecule has 2 aromatic rings. The predicted molar refractivity (Wildman–Crippen MR) is 81.1 cm³/mol. The first-order valence-electron chi connectivity index (χ1n) is 7.14. The Labute approximate surface area is 119 Å². The molecule has 0 amide bonds. The van der Waals surface area contributed by atoms with Crippen LogP contribution in [0.3, 0.4) is 0 Å². The number of aliphatic hydroxyl groups excluding tert-OH is 1. The van der Waals surface area contributed by atoms with Crippen molar-refractivity contribution in [3.8, 4) is 0 Å². The fourth-order valence-electron chi connectivity index (χ4n) is 2.35. The van der Waals surface area contributed by atoms with E-state index in [-0.39, 0.29) is 6.61 Å². The smallest absolute Gasteiger partial charge is 0.180 e. The molecular weight excluding hydrogens is 254 g/mol. The molecule has 6 heteroatoms. The van der Waals surface area contributed by atoms with Crippen LogP contribution < -0.4 is 10.6 Å². The van der Waals surface area contributed by atoms with Crippen molar-refractivity contribution >= 4 is 17.3 Å². The lowest BCUT2D eigenvalue weighted by Gasteiger charge is -2.16. The summed E-state index contributed by atoms with van der Waals surface area (Å²) < 4.78 is 1.95. The molecule has 0 saturated carbocycles. The molecule has 0 aromatic carbocycles. The average molecular weight is 277 g/mol. The van der Waals surface area contributed by atoms with Gasteiger partial charge in [-0.2, -0.15) is 0 Å². The summed E-state index contributed by atoms with van der Waals surface area (Å²) >= 11 is 0. The Kier molecular flexibility index (Phi) is 5.17. The van der Waals surface area contributed by atoms with Crippen LogP contribution in [0, 0.1) is 5.92 Å². The van der Waals surface area contributed by atoms with Gasteiger partial charge in [0.05, 0.1) is 6.20 Å². The molecule has 110 valence electrons. The highest BCUT2D eigenvalue weighted by Crippen LogP contribution is 2.18. The third-order valence-electron chi connectivity index (χ3n) is 3.42. The van der Waals surface area contributed by atoms with Crippen molar-refractivity contribution in [2.24, 2.45) is 5.92 Å². The zero-order valence-corrected chi connectivity index (χ0v) is 12.1. The maximum Gasteiger partial charge on any atom is 0.180 e. The molecule has 2 rings (SSSR count). The molecule has 1 atom stereocenters. The lowest BCUT2D eigenvalue weighted by atomic mass is 10.0. The third kappa shape index (κ3) is 3.39. The zero-order valence-electron chi connectivity index (χ0n) is 12.1. The molecule has 2 aromatic heterocycles. The highest BCUT2D eigenvalue weighted by atomic mass is 16.3. The first kappa shape index (κ1) is 14.6. The number of nitrogens with zero attached hydrogens (tertiary/aromatic N) is 3. The summed E-state index contributed by atoms with van der Waals surface area (Å²) in [6.45, 7) is 3.20. The molecule has 1 unspecified atom stereocenters. The summed E-state index contributed by atoms with van der Waals surface area (Å²) in [5.74, 6) is 2.04. The van der Waals surface area contributed by atoms with Crippen LogP contribution in [-0.4, -0.2) is 39.7 Å². The van der Waals surface area contributed by atoms with E-state index in [9.17, 15) is 0 Å². The van der Waals surface area contributed by atoms with Gasteiger partial charge in [0.2, 0.25) is 0 Å². The Bertz CT molecular complexity index is 533. The zero-order chi connectivity index (χ0) is 14.4. The number of hydrogen-bond acceptors (Lipinski definition) is 5. The van der Waals surface area contributed by atoms with Gasteiger partial charge in [0, 0.05) is 32.6 Å². The van der Waals surface area contributed by atoms with Gasteiger partial charge in [-0.3, -0.25) is 0 Å². The van der Waals surface area contributed by atoms with Crippen LogP contribution in [0.4, 0.5) is 11.6 Å². The molecule has 6 nitrogen and oxygen atoms in total. The van der Waals surface area contributed by atoms with Gasteiger partial charge in [-0.25, -0.2) is 9.97 Å². The van der Waals surface area contributed by atoms with Crippen LogP contribution in [-0.2, 0) is 0 Å². The lowest BCUT2D eigenvalue weighted by Crippen LogP contribution is -2.17. The average Bonchev–Trinajstić information content (AvgIpc) is 2.93. The standard InChI is InChI=1S/C14H23N5O/c1-3-4-11(5-8-20)9-17-13-14-16-6-7-19(14)10-12(15-2)18-13/h6-7,10-11,15,20H,3-5,8-9H2,1-2H3,(H,17,18). The second-order valence-electron chi connectivity index (χ2n) is 4.93. The van der Waals surface area contributed by atoms with Crippen LogP contribution in [0.2, 0.25) is 0 Å². The Hall–Kier alpha value is -1.82. The van der Waals surface area contributed by atoms with Gasteiger partial charge in [-0.1, -0.05) is 13.3 Å². The molecule has 0 spiro atoms. The first-order valence-corrected chi connectivity index (χ1v) is 7.14. The molecule has 3 N–H and O–H groups in total. The summed E-state index contributed by atoms with van der Waals surface area (Å²) in [4.78, 5) is 8.84. The van der Waals surface area contributed by atoms with E-state index < -0.39 is 0 Å². The molecule has 0 aliphatic carbocycles. The van der Waals surface area contributed by atoms with E-state index >= 15 is 0 Å². The highest BCUT2D eigenvalue weighted by molar-refractivity contribution is 5.65. The topological polar surface area (TPSA) is 74.5 Å². The Balaban J connectivity index is 2.13. The van der Waals surface area contributed by atoms with E-state index in [1.807, 2.05) is 23.8 Å².